The van der Waals surface area contributed by atoms with Gasteiger partial charge in [0.2, 0.25) is 5.91 Å². The van der Waals surface area contributed by atoms with Crippen molar-refractivity contribution < 1.29 is 14.4 Å². The van der Waals surface area contributed by atoms with E-state index in [1.165, 1.54) is 11.3 Å². The SMILES string of the molecule is Cc1sc(NC(=O)C[C@@H]2NC(=O)NC2=O)nc1-c1ccccc1. The minimum atomic E-state index is -0.836. The van der Waals surface area contributed by atoms with E-state index >= 15 is 0 Å². The van der Waals surface area contributed by atoms with Gasteiger partial charge in [-0.1, -0.05) is 30.3 Å². The summed E-state index contributed by atoms with van der Waals surface area (Å²) in [6, 6.07) is 8.26. The molecule has 1 atom stereocenters. The van der Waals surface area contributed by atoms with Crippen LogP contribution in [0.1, 0.15) is 11.3 Å². The molecule has 1 aliphatic heterocycles. The zero-order chi connectivity index (χ0) is 16.4. The van der Waals surface area contributed by atoms with Gasteiger partial charge in [-0.15, -0.1) is 11.3 Å². The van der Waals surface area contributed by atoms with Gasteiger partial charge in [-0.25, -0.2) is 9.78 Å². The molecule has 8 heteroatoms. The summed E-state index contributed by atoms with van der Waals surface area (Å²) in [5.74, 6) is -0.869. The first kappa shape index (κ1) is 15.2. The molecule has 2 heterocycles. The highest BCUT2D eigenvalue weighted by Crippen LogP contribution is 2.30. The Morgan fingerprint density at radius 3 is 2.70 bits per heavy atom. The quantitative estimate of drug-likeness (QED) is 0.742. The number of benzene rings is 1. The summed E-state index contributed by atoms with van der Waals surface area (Å²) in [5.41, 5.74) is 1.79. The van der Waals surface area contributed by atoms with Gasteiger partial charge in [0.05, 0.1) is 12.1 Å². The molecule has 1 saturated heterocycles. The lowest BCUT2D eigenvalue weighted by molar-refractivity contribution is -0.124. The first-order valence-corrected chi connectivity index (χ1v) is 7.78. The maximum atomic E-state index is 12.0. The molecule has 1 fully saturated rings. The van der Waals surface area contributed by atoms with Gasteiger partial charge in [0.15, 0.2) is 5.13 Å². The van der Waals surface area contributed by atoms with Gasteiger partial charge in [-0.05, 0) is 6.92 Å². The lowest BCUT2D eigenvalue weighted by Gasteiger charge is -2.06. The monoisotopic (exact) mass is 330 g/mol. The van der Waals surface area contributed by atoms with Crippen LogP contribution in [0.5, 0.6) is 0 Å². The molecule has 0 saturated carbocycles. The molecular formula is C15H14N4O3S. The van der Waals surface area contributed by atoms with E-state index in [0.29, 0.717) is 5.13 Å². The van der Waals surface area contributed by atoms with Crippen LogP contribution in [0.2, 0.25) is 0 Å². The van der Waals surface area contributed by atoms with E-state index in [-0.39, 0.29) is 12.3 Å². The van der Waals surface area contributed by atoms with Gasteiger partial charge in [-0.2, -0.15) is 0 Å². The number of anilines is 1. The highest BCUT2D eigenvalue weighted by Gasteiger charge is 2.31. The molecule has 7 nitrogen and oxygen atoms in total. The van der Waals surface area contributed by atoms with E-state index in [1.807, 2.05) is 37.3 Å². The van der Waals surface area contributed by atoms with E-state index in [9.17, 15) is 14.4 Å². The zero-order valence-electron chi connectivity index (χ0n) is 12.3. The number of nitrogens with one attached hydrogen (secondary N) is 3. The molecule has 2 aromatic rings. The van der Waals surface area contributed by atoms with Crippen LogP contribution in [-0.4, -0.2) is 28.9 Å². The third-order valence-electron chi connectivity index (χ3n) is 3.34. The number of aryl methyl sites for hydroxylation is 1. The maximum absolute atomic E-state index is 12.0. The van der Waals surface area contributed by atoms with Crippen molar-refractivity contribution in [2.45, 2.75) is 19.4 Å². The van der Waals surface area contributed by atoms with Crippen LogP contribution in [0, 0.1) is 6.92 Å². The lowest BCUT2D eigenvalue weighted by Crippen LogP contribution is -2.33. The second-order valence-corrected chi connectivity index (χ2v) is 6.26. The maximum Gasteiger partial charge on any atom is 0.322 e. The zero-order valence-corrected chi connectivity index (χ0v) is 13.1. The van der Waals surface area contributed by atoms with Crippen LogP contribution < -0.4 is 16.0 Å². The van der Waals surface area contributed by atoms with Crippen LogP contribution in [0.25, 0.3) is 11.3 Å². The number of imide groups is 1. The molecule has 0 spiro atoms. The predicted octanol–water partition coefficient (Wildman–Crippen LogP) is 1.66. The summed E-state index contributed by atoms with van der Waals surface area (Å²) in [6.45, 7) is 1.93. The fraction of sp³-hybridized carbons (Fsp3) is 0.200. The molecule has 1 aromatic carbocycles. The molecule has 0 aliphatic carbocycles. The number of aromatic nitrogens is 1. The second-order valence-electron chi connectivity index (χ2n) is 5.06. The summed E-state index contributed by atoms with van der Waals surface area (Å²) in [7, 11) is 0. The van der Waals surface area contributed by atoms with Gasteiger partial charge < -0.3 is 10.6 Å². The van der Waals surface area contributed by atoms with Gasteiger partial charge >= 0.3 is 6.03 Å². The standard InChI is InChI=1S/C15H14N4O3S/c1-8-12(9-5-3-2-4-6-9)18-15(23-8)17-11(20)7-10-13(21)19-14(22)16-10/h2-6,10H,7H2,1H3,(H,17,18,20)(H2,16,19,21,22)/t10-/m0/s1. The number of hydrogen-bond acceptors (Lipinski definition) is 5. The topological polar surface area (TPSA) is 100 Å². The van der Waals surface area contributed by atoms with Crippen molar-refractivity contribution in [1.29, 1.82) is 0 Å². The van der Waals surface area contributed by atoms with E-state index in [0.717, 1.165) is 16.1 Å². The Hall–Kier alpha value is -2.74. The number of thiazole rings is 1. The van der Waals surface area contributed by atoms with Crippen molar-refractivity contribution in [2.75, 3.05) is 5.32 Å². The smallest absolute Gasteiger partial charge is 0.322 e. The first-order valence-electron chi connectivity index (χ1n) is 6.97. The molecule has 0 bridgehead atoms. The molecule has 3 rings (SSSR count). The highest BCUT2D eigenvalue weighted by molar-refractivity contribution is 7.16. The molecule has 3 N–H and O–H groups in total. The third-order valence-corrected chi connectivity index (χ3v) is 4.22. The lowest BCUT2D eigenvalue weighted by atomic mass is 10.1. The molecule has 23 heavy (non-hydrogen) atoms. The minimum Gasteiger partial charge on any atom is -0.325 e. The van der Waals surface area contributed by atoms with Crippen LogP contribution in [0.15, 0.2) is 30.3 Å². The van der Waals surface area contributed by atoms with Gasteiger partial charge in [0.1, 0.15) is 6.04 Å². The molecule has 0 radical (unpaired) electrons. The Morgan fingerprint density at radius 1 is 1.30 bits per heavy atom. The van der Waals surface area contributed by atoms with Crippen molar-refractivity contribution in [2.24, 2.45) is 0 Å². The largest absolute Gasteiger partial charge is 0.325 e. The number of carbonyl (C=O) groups is 3. The number of urea groups is 1. The van der Waals surface area contributed by atoms with Gasteiger partial charge in [0, 0.05) is 10.4 Å². The van der Waals surface area contributed by atoms with Crippen molar-refractivity contribution >= 4 is 34.3 Å². The van der Waals surface area contributed by atoms with Crippen LogP contribution >= 0.6 is 11.3 Å². The van der Waals surface area contributed by atoms with Gasteiger partial charge in [-0.3, -0.25) is 14.9 Å². The van der Waals surface area contributed by atoms with E-state index in [4.69, 9.17) is 0 Å². The summed E-state index contributed by atoms with van der Waals surface area (Å²) in [5, 5.41) is 7.62. The van der Waals surface area contributed by atoms with E-state index in [2.05, 4.69) is 20.9 Å². The summed E-state index contributed by atoms with van der Waals surface area (Å²) >= 11 is 1.37. The first-order chi connectivity index (χ1) is 11.0. The van der Waals surface area contributed by atoms with E-state index in [1.54, 1.807) is 0 Å². The predicted molar refractivity (Wildman–Crippen MR) is 86.0 cm³/mol. The van der Waals surface area contributed by atoms with Crippen molar-refractivity contribution in [3.63, 3.8) is 0 Å². The molecule has 118 valence electrons. The summed E-state index contributed by atoms with van der Waals surface area (Å²) < 4.78 is 0. The van der Waals surface area contributed by atoms with Crippen molar-refractivity contribution in [3.8, 4) is 11.3 Å². The molecular weight excluding hydrogens is 316 g/mol. The molecule has 0 unspecified atom stereocenters. The van der Waals surface area contributed by atoms with Gasteiger partial charge in [0.25, 0.3) is 5.91 Å². The van der Waals surface area contributed by atoms with Crippen molar-refractivity contribution in [3.05, 3.63) is 35.2 Å². The average Bonchev–Trinajstić information content (AvgIpc) is 3.02. The number of carbonyl (C=O) groups excluding carboxylic acids is 3. The third kappa shape index (κ3) is 3.37. The summed E-state index contributed by atoms with van der Waals surface area (Å²) in [4.78, 5) is 39.9. The van der Waals surface area contributed by atoms with Crippen LogP contribution in [0.4, 0.5) is 9.93 Å². The Labute approximate surface area is 136 Å². The number of rotatable bonds is 4. The fourth-order valence-electron chi connectivity index (χ4n) is 2.27. The molecule has 1 aliphatic rings. The highest BCUT2D eigenvalue weighted by atomic mass is 32.1. The Morgan fingerprint density at radius 2 is 2.04 bits per heavy atom. The number of nitrogens with zero attached hydrogens (tertiary/aromatic N) is 1. The second kappa shape index (κ2) is 6.17. The minimum absolute atomic E-state index is 0.128. The van der Waals surface area contributed by atoms with Crippen LogP contribution in [-0.2, 0) is 9.59 Å². The van der Waals surface area contributed by atoms with E-state index < -0.39 is 18.0 Å². The molecule has 1 aromatic heterocycles. The normalized spacial score (nSPS) is 16.8. The van der Waals surface area contributed by atoms with Crippen LogP contribution in [0.3, 0.4) is 0 Å². The number of amides is 4. The summed E-state index contributed by atoms with van der Waals surface area (Å²) in [6.07, 6.45) is -0.128. The Balaban J connectivity index is 1.68. The Bertz CT molecular complexity index is 772. The number of hydrogen-bond donors (Lipinski definition) is 3. The average molecular weight is 330 g/mol. The Kier molecular flexibility index (Phi) is 4.07. The molecule has 4 amide bonds. The fourth-order valence-corrected chi connectivity index (χ4v) is 3.12. The van der Waals surface area contributed by atoms with Crippen molar-refractivity contribution in [1.82, 2.24) is 15.6 Å².